The average Bonchev–Trinajstić information content (AvgIpc) is 3.26. The van der Waals surface area contributed by atoms with E-state index in [1.807, 2.05) is 20.8 Å². The van der Waals surface area contributed by atoms with Crippen LogP contribution in [-0.4, -0.2) is 36.5 Å². The molecule has 3 atom stereocenters. The van der Waals surface area contributed by atoms with Crippen LogP contribution in [0.15, 0.2) is 11.1 Å². The third-order valence-electron chi connectivity index (χ3n) is 6.30. The van der Waals surface area contributed by atoms with Crippen molar-refractivity contribution in [2.24, 2.45) is 11.8 Å². The third-order valence-corrected chi connectivity index (χ3v) is 6.30. The highest BCUT2D eigenvalue weighted by molar-refractivity contribution is 5.88. The first kappa shape index (κ1) is 15.6. The quantitative estimate of drug-likeness (QED) is 0.442. The second kappa shape index (κ2) is 5.32. The van der Waals surface area contributed by atoms with Gasteiger partial charge in [-0.3, -0.25) is 0 Å². The largest absolute Gasteiger partial charge is 0.456 e. The van der Waals surface area contributed by atoms with Gasteiger partial charge in [-0.1, -0.05) is 5.57 Å². The van der Waals surface area contributed by atoms with Gasteiger partial charge >= 0.3 is 5.97 Å². The summed E-state index contributed by atoms with van der Waals surface area (Å²) in [4.78, 5) is 12.5. The van der Waals surface area contributed by atoms with Crippen molar-refractivity contribution < 1.29 is 19.0 Å². The van der Waals surface area contributed by atoms with Gasteiger partial charge < -0.3 is 14.2 Å². The predicted octanol–water partition coefficient (Wildman–Crippen LogP) is 3.39. The molecule has 5 aliphatic rings. The topological polar surface area (TPSA) is 48.1 Å². The summed E-state index contributed by atoms with van der Waals surface area (Å²) >= 11 is 0. The molecule has 0 N–H and O–H groups in total. The van der Waals surface area contributed by atoms with Gasteiger partial charge in [0.25, 0.3) is 0 Å². The van der Waals surface area contributed by atoms with E-state index in [0.29, 0.717) is 24.5 Å². The maximum Gasteiger partial charge on any atom is 0.334 e. The van der Waals surface area contributed by atoms with Crippen molar-refractivity contribution in [2.45, 2.75) is 76.6 Å². The van der Waals surface area contributed by atoms with Gasteiger partial charge in [-0.05, 0) is 64.7 Å². The van der Waals surface area contributed by atoms with Crippen LogP contribution in [0.3, 0.4) is 0 Å². The summed E-state index contributed by atoms with van der Waals surface area (Å²) in [6, 6.07) is 0. The third kappa shape index (κ3) is 2.96. The minimum atomic E-state index is -0.289. The van der Waals surface area contributed by atoms with Crippen LogP contribution in [0, 0.1) is 11.8 Å². The Morgan fingerprint density at radius 3 is 2.26 bits per heavy atom. The maximum atomic E-state index is 12.5. The van der Waals surface area contributed by atoms with Crippen molar-refractivity contribution in [3.05, 3.63) is 11.1 Å². The normalized spacial score (nSPS) is 43.3. The molecular weight excluding hydrogens is 292 g/mol. The van der Waals surface area contributed by atoms with Gasteiger partial charge in [0.05, 0.1) is 18.8 Å². The lowest BCUT2D eigenvalue weighted by molar-refractivity contribution is -0.232. The highest BCUT2D eigenvalue weighted by Crippen LogP contribution is 2.60. The van der Waals surface area contributed by atoms with Crippen molar-refractivity contribution in [2.75, 3.05) is 13.2 Å². The minimum Gasteiger partial charge on any atom is -0.456 e. The van der Waals surface area contributed by atoms with Gasteiger partial charge in [-0.2, -0.15) is 0 Å². The molecule has 4 bridgehead atoms. The van der Waals surface area contributed by atoms with Crippen LogP contribution in [0.25, 0.3) is 0 Å². The van der Waals surface area contributed by atoms with Crippen LogP contribution in [0.2, 0.25) is 0 Å². The van der Waals surface area contributed by atoms with E-state index in [4.69, 9.17) is 14.2 Å². The molecule has 128 valence electrons. The number of epoxide rings is 1. The fraction of sp³-hybridized carbons (Fsp3) is 0.842. The van der Waals surface area contributed by atoms with Gasteiger partial charge in [-0.25, -0.2) is 4.79 Å². The smallest absolute Gasteiger partial charge is 0.334 e. The Kier molecular flexibility index (Phi) is 3.62. The Bertz CT molecular complexity index is 528. The molecule has 5 rings (SSSR count). The molecule has 4 heteroatoms. The first-order valence-electron chi connectivity index (χ1n) is 9.02. The fourth-order valence-electron chi connectivity index (χ4n) is 5.30. The van der Waals surface area contributed by atoms with Gasteiger partial charge in [0.1, 0.15) is 11.7 Å². The van der Waals surface area contributed by atoms with E-state index in [2.05, 4.69) is 0 Å². The first-order valence-corrected chi connectivity index (χ1v) is 9.02. The van der Waals surface area contributed by atoms with Crippen molar-refractivity contribution in [1.82, 2.24) is 0 Å². The Hall–Kier alpha value is -0.870. The summed E-state index contributed by atoms with van der Waals surface area (Å²) in [7, 11) is 0. The molecule has 0 aromatic heterocycles. The van der Waals surface area contributed by atoms with Crippen LogP contribution in [0.4, 0.5) is 0 Å². The van der Waals surface area contributed by atoms with Crippen molar-refractivity contribution in [3.63, 3.8) is 0 Å². The molecule has 0 radical (unpaired) electrons. The van der Waals surface area contributed by atoms with Crippen LogP contribution in [0.5, 0.6) is 0 Å². The van der Waals surface area contributed by atoms with Gasteiger partial charge in [0, 0.05) is 12.0 Å². The molecule has 4 saturated carbocycles. The number of carbonyl (C=O) groups is 1. The van der Waals surface area contributed by atoms with Crippen molar-refractivity contribution in [3.8, 4) is 0 Å². The van der Waals surface area contributed by atoms with E-state index < -0.39 is 0 Å². The van der Waals surface area contributed by atoms with Gasteiger partial charge in [0.15, 0.2) is 0 Å². The average molecular weight is 320 g/mol. The molecule has 0 spiro atoms. The van der Waals surface area contributed by atoms with E-state index in [1.165, 1.54) is 6.42 Å². The second-order valence-electron chi connectivity index (χ2n) is 8.61. The minimum absolute atomic E-state index is 0.0742. The highest BCUT2D eigenvalue weighted by atomic mass is 16.6. The molecule has 3 unspecified atom stereocenters. The number of ether oxygens (including phenoxy) is 3. The summed E-state index contributed by atoms with van der Waals surface area (Å²) in [6.45, 7) is 7.35. The molecule has 5 fully saturated rings. The standard InChI is InChI=1S/C19H28O4/c1-12(2)13(3)17(20)23-19-7-14-4-15(8-19)6-18(5-14,11-19)22-10-16-9-21-16/h14-16H,4-11H2,1-3H3. The van der Waals surface area contributed by atoms with E-state index in [1.54, 1.807) is 0 Å². The molecule has 1 aliphatic heterocycles. The van der Waals surface area contributed by atoms with Gasteiger partial charge in [0.2, 0.25) is 0 Å². The lowest BCUT2D eigenvalue weighted by atomic mass is 9.52. The second-order valence-corrected chi connectivity index (χ2v) is 8.61. The van der Waals surface area contributed by atoms with E-state index >= 15 is 0 Å². The number of allylic oxidation sites excluding steroid dienone is 1. The summed E-state index contributed by atoms with van der Waals surface area (Å²) in [6.07, 6.45) is 6.78. The number of carbonyl (C=O) groups excluding carboxylic acids is 1. The Labute approximate surface area is 138 Å². The number of hydrogen-bond donors (Lipinski definition) is 0. The molecule has 0 aromatic rings. The number of esters is 1. The Morgan fingerprint density at radius 2 is 1.70 bits per heavy atom. The molecule has 4 nitrogen and oxygen atoms in total. The van der Waals surface area contributed by atoms with Gasteiger partial charge in [-0.15, -0.1) is 0 Å². The molecular formula is C19H28O4. The zero-order valence-corrected chi connectivity index (χ0v) is 14.5. The van der Waals surface area contributed by atoms with E-state index in [9.17, 15) is 4.79 Å². The highest BCUT2D eigenvalue weighted by Gasteiger charge is 2.60. The molecule has 1 saturated heterocycles. The maximum absolute atomic E-state index is 12.5. The summed E-state index contributed by atoms with van der Waals surface area (Å²) in [5.74, 6) is 1.17. The van der Waals surface area contributed by atoms with E-state index in [0.717, 1.165) is 49.9 Å². The molecule has 1 heterocycles. The number of rotatable bonds is 5. The Morgan fingerprint density at radius 1 is 1.09 bits per heavy atom. The molecule has 23 heavy (non-hydrogen) atoms. The zero-order chi connectivity index (χ0) is 16.2. The predicted molar refractivity (Wildman–Crippen MR) is 86.0 cm³/mol. The summed E-state index contributed by atoms with van der Waals surface area (Å²) < 4.78 is 17.8. The van der Waals surface area contributed by atoms with Crippen LogP contribution in [-0.2, 0) is 19.0 Å². The van der Waals surface area contributed by atoms with Crippen LogP contribution < -0.4 is 0 Å². The molecule has 4 aliphatic carbocycles. The lowest BCUT2D eigenvalue weighted by Gasteiger charge is -2.60. The first-order chi connectivity index (χ1) is 10.9. The Balaban J connectivity index is 1.52. The lowest BCUT2D eigenvalue weighted by Crippen LogP contribution is -2.61. The molecule has 0 aromatic carbocycles. The van der Waals surface area contributed by atoms with E-state index in [-0.39, 0.29) is 17.2 Å². The zero-order valence-electron chi connectivity index (χ0n) is 14.5. The monoisotopic (exact) mass is 320 g/mol. The van der Waals surface area contributed by atoms with Crippen molar-refractivity contribution >= 4 is 5.97 Å². The SMILES string of the molecule is CC(C)=C(C)C(=O)OC12CC3CC(CC(OCC4CO4)(C3)C1)C2. The van der Waals surface area contributed by atoms with Crippen LogP contribution >= 0.6 is 0 Å². The fourth-order valence-corrected chi connectivity index (χ4v) is 5.30. The van der Waals surface area contributed by atoms with Crippen LogP contribution in [0.1, 0.15) is 59.3 Å². The van der Waals surface area contributed by atoms with Crippen molar-refractivity contribution in [1.29, 1.82) is 0 Å². The molecule has 0 amide bonds. The summed E-state index contributed by atoms with van der Waals surface area (Å²) in [5.41, 5.74) is 1.43. The number of hydrogen-bond acceptors (Lipinski definition) is 4. The summed E-state index contributed by atoms with van der Waals surface area (Å²) in [5, 5.41) is 0.